The van der Waals surface area contributed by atoms with Crippen LogP contribution in [0.2, 0.25) is 0 Å². The molecule has 0 atom stereocenters. The average Bonchev–Trinajstić information content (AvgIpc) is 2.54. The zero-order valence-corrected chi connectivity index (χ0v) is 16.5. The van der Waals surface area contributed by atoms with Crippen LogP contribution in [0.4, 0.5) is 10.5 Å². The lowest BCUT2D eigenvalue weighted by Crippen LogP contribution is -2.37. The highest BCUT2D eigenvalue weighted by molar-refractivity contribution is 6.02. The first-order valence-electron chi connectivity index (χ1n) is 8.80. The molecule has 27 heavy (non-hydrogen) atoms. The first-order chi connectivity index (χ1) is 12.6. The summed E-state index contributed by atoms with van der Waals surface area (Å²) in [6.07, 6.45) is 0.179. The Labute approximate surface area is 159 Å². The molecule has 0 aromatic heterocycles. The third-order valence-corrected chi connectivity index (χ3v) is 3.09. The van der Waals surface area contributed by atoms with E-state index in [1.807, 2.05) is 34.6 Å². The summed E-state index contributed by atoms with van der Waals surface area (Å²) in [5, 5.41) is 4.62. The van der Waals surface area contributed by atoms with Crippen LogP contribution in [0.3, 0.4) is 0 Å². The Morgan fingerprint density at radius 2 is 1.63 bits per heavy atom. The van der Waals surface area contributed by atoms with E-state index in [1.165, 1.54) is 0 Å². The van der Waals surface area contributed by atoms with Gasteiger partial charge in [-0.15, -0.1) is 0 Å². The van der Waals surface area contributed by atoms with Gasteiger partial charge in [-0.3, -0.25) is 14.9 Å². The molecule has 0 bridgehead atoms. The van der Waals surface area contributed by atoms with Gasteiger partial charge in [-0.25, -0.2) is 4.79 Å². The van der Waals surface area contributed by atoms with Crippen molar-refractivity contribution in [2.45, 2.75) is 41.0 Å². The van der Waals surface area contributed by atoms with Crippen molar-refractivity contribution >= 4 is 23.6 Å². The lowest BCUT2D eigenvalue weighted by atomic mass is 9.93. The van der Waals surface area contributed by atoms with E-state index in [-0.39, 0.29) is 11.8 Å². The average molecular weight is 380 g/mol. The molecule has 150 valence electrons. The molecule has 0 saturated heterocycles. The van der Waals surface area contributed by atoms with Crippen LogP contribution >= 0.6 is 0 Å². The largest absolute Gasteiger partial charge is 0.490 e. The summed E-state index contributed by atoms with van der Waals surface area (Å²) in [4.78, 5) is 35.2. The van der Waals surface area contributed by atoms with Crippen LogP contribution in [0.25, 0.3) is 0 Å². The molecular formula is C19H28N2O6. The summed E-state index contributed by atoms with van der Waals surface area (Å²) in [7, 11) is 0. The maximum atomic E-state index is 11.9. The molecule has 0 heterocycles. The molecule has 0 aliphatic heterocycles. The maximum absolute atomic E-state index is 11.9. The lowest BCUT2D eigenvalue weighted by Gasteiger charge is -2.16. The van der Waals surface area contributed by atoms with Crippen LogP contribution in [0.5, 0.6) is 11.5 Å². The lowest BCUT2D eigenvalue weighted by molar-refractivity contribution is -0.150. The van der Waals surface area contributed by atoms with Crippen LogP contribution in [0.15, 0.2) is 18.2 Å². The van der Waals surface area contributed by atoms with Gasteiger partial charge in [-0.05, 0) is 31.4 Å². The first kappa shape index (κ1) is 22.3. The van der Waals surface area contributed by atoms with E-state index in [2.05, 4.69) is 10.6 Å². The molecule has 0 aliphatic rings. The summed E-state index contributed by atoms with van der Waals surface area (Å²) >= 11 is 0. The van der Waals surface area contributed by atoms with Crippen molar-refractivity contribution in [2.24, 2.45) is 5.41 Å². The SMILES string of the molecule is CCOc1ccc(NC(=O)NC(=O)COC(=O)CC(C)(C)C)cc1OCC. The molecule has 8 heteroatoms. The highest BCUT2D eigenvalue weighted by Crippen LogP contribution is 2.30. The predicted molar refractivity (Wildman–Crippen MR) is 101 cm³/mol. The highest BCUT2D eigenvalue weighted by atomic mass is 16.5. The zero-order valence-electron chi connectivity index (χ0n) is 16.5. The molecular weight excluding hydrogens is 352 g/mol. The molecule has 1 aromatic carbocycles. The Hall–Kier alpha value is -2.77. The van der Waals surface area contributed by atoms with Crippen molar-refractivity contribution in [1.29, 1.82) is 0 Å². The van der Waals surface area contributed by atoms with Gasteiger partial charge in [0.05, 0.1) is 19.6 Å². The quantitative estimate of drug-likeness (QED) is 0.672. The van der Waals surface area contributed by atoms with Crippen LogP contribution in [-0.2, 0) is 14.3 Å². The van der Waals surface area contributed by atoms with Crippen LogP contribution < -0.4 is 20.1 Å². The number of amides is 3. The molecule has 0 fully saturated rings. The number of carbonyl (C=O) groups is 3. The molecule has 3 amide bonds. The number of ether oxygens (including phenoxy) is 3. The van der Waals surface area contributed by atoms with Gasteiger partial charge in [0.1, 0.15) is 0 Å². The number of esters is 1. The summed E-state index contributed by atoms with van der Waals surface area (Å²) in [6, 6.07) is 4.15. The molecule has 0 saturated carbocycles. The minimum absolute atomic E-state index is 0.179. The van der Waals surface area contributed by atoms with E-state index in [4.69, 9.17) is 14.2 Å². The molecule has 8 nitrogen and oxygen atoms in total. The summed E-state index contributed by atoms with van der Waals surface area (Å²) in [6.45, 7) is 9.75. The zero-order chi connectivity index (χ0) is 20.4. The number of rotatable bonds is 8. The van der Waals surface area contributed by atoms with Gasteiger partial charge in [-0.1, -0.05) is 20.8 Å². The van der Waals surface area contributed by atoms with Crippen molar-refractivity contribution in [3.63, 3.8) is 0 Å². The Morgan fingerprint density at radius 1 is 1.00 bits per heavy atom. The van der Waals surface area contributed by atoms with Crippen molar-refractivity contribution in [2.75, 3.05) is 25.1 Å². The second kappa shape index (κ2) is 10.4. The molecule has 1 rings (SSSR count). The van der Waals surface area contributed by atoms with Gasteiger partial charge in [0.15, 0.2) is 18.1 Å². The monoisotopic (exact) mass is 380 g/mol. The third kappa shape index (κ3) is 8.94. The molecule has 2 N–H and O–H groups in total. The second-order valence-corrected chi connectivity index (χ2v) is 6.93. The van der Waals surface area contributed by atoms with E-state index < -0.39 is 24.5 Å². The van der Waals surface area contributed by atoms with E-state index in [1.54, 1.807) is 18.2 Å². The van der Waals surface area contributed by atoms with E-state index in [9.17, 15) is 14.4 Å². The van der Waals surface area contributed by atoms with Gasteiger partial charge in [0, 0.05) is 11.8 Å². The number of nitrogens with one attached hydrogen (secondary N) is 2. The molecule has 1 aromatic rings. The first-order valence-corrected chi connectivity index (χ1v) is 8.80. The maximum Gasteiger partial charge on any atom is 0.325 e. The van der Waals surface area contributed by atoms with Gasteiger partial charge in [0.25, 0.3) is 5.91 Å². The van der Waals surface area contributed by atoms with E-state index >= 15 is 0 Å². The van der Waals surface area contributed by atoms with E-state index in [0.29, 0.717) is 30.4 Å². The van der Waals surface area contributed by atoms with Crippen molar-refractivity contribution < 1.29 is 28.6 Å². The van der Waals surface area contributed by atoms with Gasteiger partial charge >= 0.3 is 12.0 Å². The number of urea groups is 1. The molecule has 0 unspecified atom stereocenters. The minimum Gasteiger partial charge on any atom is -0.490 e. The van der Waals surface area contributed by atoms with Crippen molar-refractivity contribution in [3.8, 4) is 11.5 Å². The summed E-state index contributed by atoms with van der Waals surface area (Å²) < 4.78 is 15.8. The number of imide groups is 1. The predicted octanol–water partition coefficient (Wildman–Crippen LogP) is 3.11. The topological polar surface area (TPSA) is 103 Å². The number of hydrogen-bond donors (Lipinski definition) is 2. The number of hydrogen-bond acceptors (Lipinski definition) is 6. The normalized spacial score (nSPS) is 10.7. The van der Waals surface area contributed by atoms with Crippen molar-refractivity contribution in [1.82, 2.24) is 5.32 Å². The number of benzene rings is 1. The minimum atomic E-state index is -0.738. The third-order valence-electron chi connectivity index (χ3n) is 3.09. The number of anilines is 1. The summed E-state index contributed by atoms with van der Waals surface area (Å²) in [5.41, 5.74) is 0.188. The van der Waals surface area contributed by atoms with Gasteiger partial charge in [-0.2, -0.15) is 0 Å². The number of carbonyl (C=O) groups excluding carboxylic acids is 3. The smallest absolute Gasteiger partial charge is 0.325 e. The fourth-order valence-corrected chi connectivity index (χ4v) is 2.08. The van der Waals surface area contributed by atoms with Crippen LogP contribution in [0.1, 0.15) is 41.0 Å². The fraction of sp³-hybridized carbons (Fsp3) is 0.526. The standard InChI is InChI=1S/C19H28N2O6/c1-6-25-14-9-8-13(10-15(14)26-7-2)20-18(24)21-16(22)12-27-17(23)11-19(3,4)5/h8-10H,6-7,11-12H2,1-5H3,(H2,20,21,22,24). The fourth-order valence-electron chi connectivity index (χ4n) is 2.08. The van der Waals surface area contributed by atoms with Crippen LogP contribution in [-0.4, -0.2) is 37.7 Å². The summed E-state index contributed by atoms with van der Waals surface area (Å²) in [5.74, 6) is -0.164. The van der Waals surface area contributed by atoms with Gasteiger partial charge in [0.2, 0.25) is 0 Å². The Kier molecular flexibility index (Phi) is 8.58. The molecule has 0 spiro atoms. The van der Waals surface area contributed by atoms with Gasteiger partial charge < -0.3 is 19.5 Å². The van der Waals surface area contributed by atoms with E-state index in [0.717, 1.165) is 0 Å². The van der Waals surface area contributed by atoms with Crippen molar-refractivity contribution in [3.05, 3.63) is 18.2 Å². The molecule has 0 aliphatic carbocycles. The Bertz CT molecular complexity index is 667. The molecule has 0 radical (unpaired) electrons. The van der Waals surface area contributed by atoms with Crippen LogP contribution in [0, 0.1) is 5.41 Å². The second-order valence-electron chi connectivity index (χ2n) is 6.93. The highest BCUT2D eigenvalue weighted by Gasteiger charge is 2.18. The Balaban J connectivity index is 2.55. The Morgan fingerprint density at radius 3 is 2.22 bits per heavy atom.